The molecule has 2 amide bonds. The Labute approximate surface area is 159 Å². The third-order valence-electron chi connectivity index (χ3n) is 5.62. The number of amides is 2. The highest BCUT2D eigenvalue weighted by Gasteiger charge is 2.60. The molecule has 0 aromatic heterocycles. The number of rotatable bonds is 5. The van der Waals surface area contributed by atoms with Crippen molar-refractivity contribution >= 4 is 29.3 Å². The molecule has 1 unspecified atom stereocenters. The molecule has 1 saturated carbocycles. The molecule has 4 rings (SSSR count). The van der Waals surface area contributed by atoms with E-state index < -0.39 is 35.7 Å². The molecule has 2 heterocycles. The number of anilines is 2. The first-order valence-corrected chi connectivity index (χ1v) is 8.95. The van der Waals surface area contributed by atoms with Crippen LogP contribution in [0.15, 0.2) is 12.1 Å². The second-order valence-electron chi connectivity index (χ2n) is 7.39. The van der Waals surface area contributed by atoms with Crippen LogP contribution in [0.25, 0.3) is 0 Å². The Hall–Kier alpha value is -2.91. The second-order valence-corrected chi connectivity index (χ2v) is 7.39. The molecule has 3 aliphatic rings. The Morgan fingerprint density at radius 3 is 2.39 bits per heavy atom. The van der Waals surface area contributed by atoms with Gasteiger partial charge >= 0.3 is 12.1 Å². The van der Waals surface area contributed by atoms with Crippen LogP contribution in [0, 0.1) is 29.4 Å². The molecule has 10 heteroatoms. The molecule has 1 aromatic rings. The van der Waals surface area contributed by atoms with Crippen molar-refractivity contribution in [3.8, 4) is 0 Å². The summed E-state index contributed by atoms with van der Waals surface area (Å²) in [5.74, 6) is -3.45. The Morgan fingerprint density at radius 2 is 1.86 bits per heavy atom. The summed E-state index contributed by atoms with van der Waals surface area (Å²) < 4.78 is 34.4. The first-order chi connectivity index (χ1) is 13.3. The van der Waals surface area contributed by atoms with E-state index in [1.54, 1.807) is 0 Å². The summed E-state index contributed by atoms with van der Waals surface area (Å²) in [6, 6.07) is 1.55. The van der Waals surface area contributed by atoms with Gasteiger partial charge in [0.1, 0.15) is 12.3 Å². The third kappa shape index (κ3) is 3.02. The second kappa shape index (κ2) is 6.61. The number of nitrogens with one attached hydrogen (secondary N) is 1. The van der Waals surface area contributed by atoms with E-state index in [1.807, 2.05) is 0 Å². The molecule has 2 aliphatic heterocycles. The quantitative estimate of drug-likeness (QED) is 0.777. The van der Waals surface area contributed by atoms with Gasteiger partial charge in [0, 0.05) is 38.7 Å². The molecule has 1 aromatic carbocycles. The summed E-state index contributed by atoms with van der Waals surface area (Å²) >= 11 is 0. The lowest BCUT2D eigenvalue weighted by molar-refractivity contribution is -0.139. The molecular formula is C18H19F2N3O5. The number of carboxylic acids is 1. The van der Waals surface area contributed by atoms with Crippen LogP contribution < -0.4 is 15.1 Å². The number of carboxylic acid groups (broad SMARTS) is 1. The number of benzene rings is 1. The van der Waals surface area contributed by atoms with Gasteiger partial charge in [-0.15, -0.1) is 0 Å². The Balaban J connectivity index is 1.54. The zero-order valence-electron chi connectivity index (χ0n) is 15.0. The monoisotopic (exact) mass is 395 g/mol. The molecule has 2 N–H and O–H groups in total. The molecule has 1 aliphatic carbocycles. The van der Waals surface area contributed by atoms with E-state index >= 15 is 0 Å². The summed E-state index contributed by atoms with van der Waals surface area (Å²) in [5, 5.41) is 11.6. The number of piperidine rings is 1. The average molecular weight is 395 g/mol. The van der Waals surface area contributed by atoms with Gasteiger partial charge in [-0.2, -0.15) is 0 Å². The van der Waals surface area contributed by atoms with E-state index in [0.29, 0.717) is 0 Å². The minimum absolute atomic E-state index is 0.00380. The first kappa shape index (κ1) is 18.5. The molecule has 0 radical (unpaired) electrons. The van der Waals surface area contributed by atoms with Gasteiger partial charge in [-0.25, -0.2) is 13.6 Å². The van der Waals surface area contributed by atoms with Crippen LogP contribution in [0.5, 0.6) is 0 Å². The summed E-state index contributed by atoms with van der Waals surface area (Å²) in [6.07, 6.45) is -0.742. The van der Waals surface area contributed by atoms with Crippen LogP contribution in [0.1, 0.15) is 6.92 Å². The van der Waals surface area contributed by atoms with Crippen molar-refractivity contribution in [1.29, 1.82) is 0 Å². The number of ether oxygens (including phenoxy) is 1. The van der Waals surface area contributed by atoms with Gasteiger partial charge in [-0.1, -0.05) is 0 Å². The number of hydrogen-bond acceptors (Lipinski definition) is 5. The van der Waals surface area contributed by atoms with Crippen molar-refractivity contribution in [2.45, 2.75) is 13.0 Å². The van der Waals surface area contributed by atoms with E-state index in [9.17, 15) is 23.2 Å². The summed E-state index contributed by atoms with van der Waals surface area (Å²) in [7, 11) is 0. The number of nitrogens with zero attached hydrogens (tertiary/aromatic N) is 2. The number of hydrogen-bond donors (Lipinski definition) is 2. The van der Waals surface area contributed by atoms with Gasteiger partial charge in [-0.05, 0) is 11.8 Å². The van der Waals surface area contributed by atoms with Crippen molar-refractivity contribution in [1.82, 2.24) is 5.32 Å². The largest absolute Gasteiger partial charge is 0.481 e. The summed E-state index contributed by atoms with van der Waals surface area (Å²) in [5.41, 5.74) is -0.213. The van der Waals surface area contributed by atoms with Crippen LogP contribution in [0.2, 0.25) is 0 Å². The number of fused-ring (bicyclic) bond motifs is 1. The maximum Gasteiger partial charge on any atom is 0.414 e. The fourth-order valence-corrected chi connectivity index (χ4v) is 4.26. The predicted octanol–water partition coefficient (Wildman–Crippen LogP) is 1.19. The Kier molecular flexibility index (Phi) is 4.35. The number of halogens is 2. The van der Waals surface area contributed by atoms with E-state index in [2.05, 4.69) is 5.32 Å². The lowest BCUT2D eigenvalue weighted by atomic mass is 10.1. The molecule has 0 bridgehead atoms. The number of cyclic esters (lactones) is 1. The zero-order chi connectivity index (χ0) is 20.2. The molecule has 28 heavy (non-hydrogen) atoms. The van der Waals surface area contributed by atoms with Crippen molar-refractivity contribution in [2.24, 2.45) is 17.8 Å². The molecule has 3 fully saturated rings. The van der Waals surface area contributed by atoms with Crippen molar-refractivity contribution in [2.75, 3.05) is 36.0 Å². The fraction of sp³-hybridized carbons (Fsp3) is 0.500. The number of carbonyl (C=O) groups is 3. The van der Waals surface area contributed by atoms with Gasteiger partial charge in [0.05, 0.1) is 17.6 Å². The topological polar surface area (TPSA) is 99.2 Å². The molecule has 150 valence electrons. The van der Waals surface area contributed by atoms with Crippen molar-refractivity contribution in [3.05, 3.63) is 23.8 Å². The third-order valence-corrected chi connectivity index (χ3v) is 5.62. The molecule has 2 saturated heterocycles. The van der Waals surface area contributed by atoms with Gasteiger partial charge in [0.2, 0.25) is 5.91 Å². The molecule has 4 atom stereocenters. The van der Waals surface area contributed by atoms with Gasteiger partial charge in [0.25, 0.3) is 0 Å². The van der Waals surface area contributed by atoms with Crippen LogP contribution >= 0.6 is 0 Å². The van der Waals surface area contributed by atoms with Crippen molar-refractivity contribution < 1.29 is 33.0 Å². The maximum atomic E-state index is 14.7. The van der Waals surface area contributed by atoms with E-state index in [4.69, 9.17) is 9.84 Å². The Morgan fingerprint density at radius 1 is 1.25 bits per heavy atom. The first-order valence-electron chi connectivity index (χ1n) is 8.95. The number of aliphatic carboxylic acids is 1. The van der Waals surface area contributed by atoms with Crippen LogP contribution in [-0.2, 0) is 14.3 Å². The highest BCUT2D eigenvalue weighted by atomic mass is 19.1. The standard InChI is InChI=1S/C18H19F2N3O5/c1-8(24)21-4-10-7-28-18(27)23(10)9-2-13(19)16(14(20)3-9)22-5-11-12(6-22)15(11)17(25)26/h2-3,10-12,15H,4-7H2,1H3,(H,21,24)(H,25,26)/t10-,11-,12+,15?/m0/s1. The smallest absolute Gasteiger partial charge is 0.414 e. The predicted molar refractivity (Wildman–Crippen MR) is 93.0 cm³/mol. The lowest BCUT2D eigenvalue weighted by Gasteiger charge is -2.25. The lowest BCUT2D eigenvalue weighted by Crippen LogP contribution is -2.42. The highest BCUT2D eigenvalue weighted by molar-refractivity contribution is 5.91. The summed E-state index contributed by atoms with van der Waals surface area (Å²) in [6.45, 7) is 1.98. The van der Waals surface area contributed by atoms with Crippen LogP contribution in [0.4, 0.5) is 25.0 Å². The van der Waals surface area contributed by atoms with Gasteiger partial charge in [-0.3, -0.25) is 14.5 Å². The molecule has 8 nitrogen and oxygen atoms in total. The van der Waals surface area contributed by atoms with Gasteiger partial charge < -0.3 is 20.1 Å². The number of carbonyl (C=O) groups excluding carboxylic acids is 2. The average Bonchev–Trinajstić information content (AvgIpc) is 2.94. The van der Waals surface area contributed by atoms with Crippen molar-refractivity contribution in [3.63, 3.8) is 0 Å². The zero-order valence-corrected chi connectivity index (χ0v) is 15.0. The van der Waals surface area contributed by atoms with E-state index in [1.165, 1.54) is 11.8 Å². The highest BCUT2D eigenvalue weighted by Crippen LogP contribution is 2.53. The maximum absolute atomic E-state index is 14.7. The minimum atomic E-state index is -0.872. The van der Waals surface area contributed by atoms with Gasteiger partial charge in [0.15, 0.2) is 11.6 Å². The molecule has 0 spiro atoms. The van der Waals surface area contributed by atoms with E-state index in [0.717, 1.165) is 17.0 Å². The van der Waals surface area contributed by atoms with Crippen LogP contribution in [0.3, 0.4) is 0 Å². The minimum Gasteiger partial charge on any atom is -0.481 e. The Bertz CT molecular complexity index is 829. The van der Waals surface area contributed by atoms with Crippen LogP contribution in [-0.4, -0.2) is 55.4 Å². The fourth-order valence-electron chi connectivity index (χ4n) is 4.26. The molecular weight excluding hydrogens is 376 g/mol. The SMILES string of the molecule is CC(=O)NC[C@H]1COC(=O)N1c1cc(F)c(N2C[C@@H]3C(C(=O)O)[C@@H]3C2)c(F)c1. The normalized spacial score (nSPS) is 28.2. The summed E-state index contributed by atoms with van der Waals surface area (Å²) in [4.78, 5) is 36.8. The van der Waals surface area contributed by atoms with E-state index in [-0.39, 0.29) is 55.4 Å².